The standard InChI is InChI=1S/C10H11BrO2/c1-13-9-3-2-7(11)6-8(9)10(12)4-5-10/h2-3,6,12H,4-5H2,1H3. The van der Waals surface area contributed by atoms with Gasteiger partial charge < -0.3 is 9.84 Å². The largest absolute Gasteiger partial charge is 0.496 e. The molecule has 70 valence electrons. The van der Waals surface area contributed by atoms with Gasteiger partial charge in [0, 0.05) is 10.0 Å². The van der Waals surface area contributed by atoms with Crippen LogP contribution in [0.2, 0.25) is 0 Å². The second kappa shape index (κ2) is 3.00. The highest BCUT2D eigenvalue weighted by Gasteiger charge is 2.44. The van der Waals surface area contributed by atoms with Crippen LogP contribution in [-0.4, -0.2) is 12.2 Å². The summed E-state index contributed by atoms with van der Waals surface area (Å²) >= 11 is 3.38. The van der Waals surface area contributed by atoms with Crippen LogP contribution in [-0.2, 0) is 5.60 Å². The number of aliphatic hydroxyl groups is 1. The fraction of sp³-hybridized carbons (Fsp3) is 0.400. The Morgan fingerprint density at radius 3 is 2.69 bits per heavy atom. The average molecular weight is 243 g/mol. The summed E-state index contributed by atoms with van der Waals surface area (Å²) in [6.45, 7) is 0. The normalized spacial score (nSPS) is 18.4. The van der Waals surface area contributed by atoms with E-state index in [1.807, 2.05) is 18.2 Å². The van der Waals surface area contributed by atoms with E-state index >= 15 is 0 Å². The molecule has 0 radical (unpaired) electrons. The van der Waals surface area contributed by atoms with Crippen molar-refractivity contribution in [1.82, 2.24) is 0 Å². The molecule has 0 amide bonds. The van der Waals surface area contributed by atoms with Crippen molar-refractivity contribution in [2.45, 2.75) is 18.4 Å². The minimum atomic E-state index is -0.630. The van der Waals surface area contributed by atoms with Crippen LogP contribution in [0.3, 0.4) is 0 Å². The number of hydrogen-bond donors (Lipinski definition) is 1. The maximum atomic E-state index is 9.94. The molecule has 0 unspecified atom stereocenters. The lowest BCUT2D eigenvalue weighted by atomic mass is 10.1. The summed E-state index contributed by atoms with van der Waals surface area (Å²) in [5.41, 5.74) is 0.263. The van der Waals surface area contributed by atoms with Gasteiger partial charge >= 0.3 is 0 Å². The van der Waals surface area contributed by atoms with E-state index in [0.717, 1.165) is 28.6 Å². The summed E-state index contributed by atoms with van der Waals surface area (Å²) < 4.78 is 6.16. The molecule has 1 aromatic carbocycles. The molecule has 2 rings (SSSR count). The first-order valence-corrected chi connectivity index (χ1v) is 5.01. The number of methoxy groups -OCH3 is 1. The van der Waals surface area contributed by atoms with Crippen molar-refractivity contribution in [2.24, 2.45) is 0 Å². The Kier molecular flexibility index (Phi) is 2.08. The van der Waals surface area contributed by atoms with Crippen LogP contribution in [0.25, 0.3) is 0 Å². The molecule has 1 aliphatic carbocycles. The molecule has 1 saturated carbocycles. The van der Waals surface area contributed by atoms with E-state index in [1.54, 1.807) is 7.11 Å². The van der Waals surface area contributed by atoms with Crippen molar-refractivity contribution < 1.29 is 9.84 Å². The lowest BCUT2D eigenvalue weighted by Gasteiger charge is -2.13. The molecular weight excluding hydrogens is 232 g/mol. The van der Waals surface area contributed by atoms with Gasteiger partial charge in [0.25, 0.3) is 0 Å². The maximum absolute atomic E-state index is 9.94. The lowest BCUT2D eigenvalue weighted by Crippen LogP contribution is -2.06. The van der Waals surface area contributed by atoms with Gasteiger partial charge in [-0.15, -0.1) is 0 Å². The first kappa shape index (κ1) is 9.03. The highest BCUT2D eigenvalue weighted by molar-refractivity contribution is 9.10. The van der Waals surface area contributed by atoms with Crippen LogP contribution in [0.15, 0.2) is 22.7 Å². The first-order chi connectivity index (χ1) is 6.15. The molecule has 1 aromatic rings. The summed E-state index contributed by atoms with van der Waals surface area (Å²) in [6, 6.07) is 5.70. The van der Waals surface area contributed by atoms with Crippen molar-refractivity contribution >= 4 is 15.9 Å². The minimum absolute atomic E-state index is 0.630. The Morgan fingerprint density at radius 2 is 2.15 bits per heavy atom. The van der Waals surface area contributed by atoms with Crippen molar-refractivity contribution in [3.63, 3.8) is 0 Å². The Labute approximate surface area is 85.7 Å². The Bertz CT molecular complexity index is 332. The van der Waals surface area contributed by atoms with Crippen molar-refractivity contribution in [3.05, 3.63) is 28.2 Å². The fourth-order valence-corrected chi connectivity index (χ4v) is 1.79. The van der Waals surface area contributed by atoms with Gasteiger partial charge in [-0.05, 0) is 31.0 Å². The maximum Gasteiger partial charge on any atom is 0.125 e. The van der Waals surface area contributed by atoms with Gasteiger partial charge in [0.05, 0.1) is 12.7 Å². The predicted octanol–water partition coefficient (Wildman–Crippen LogP) is 2.44. The molecular formula is C10H11BrO2. The van der Waals surface area contributed by atoms with Gasteiger partial charge in [0.15, 0.2) is 0 Å². The summed E-state index contributed by atoms with van der Waals surface area (Å²) in [6.07, 6.45) is 1.67. The third-order valence-corrected chi connectivity index (χ3v) is 2.88. The monoisotopic (exact) mass is 242 g/mol. The highest BCUT2D eigenvalue weighted by atomic mass is 79.9. The zero-order valence-electron chi connectivity index (χ0n) is 7.38. The third-order valence-electron chi connectivity index (χ3n) is 2.39. The van der Waals surface area contributed by atoms with Gasteiger partial charge in [-0.1, -0.05) is 15.9 Å². The summed E-state index contributed by atoms with van der Waals surface area (Å²) in [7, 11) is 1.62. The molecule has 3 heteroatoms. The van der Waals surface area contributed by atoms with Gasteiger partial charge in [-0.25, -0.2) is 0 Å². The van der Waals surface area contributed by atoms with E-state index in [1.165, 1.54) is 0 Å². The molecule has 0 atom stereocenters. The molecule has 1 fully saturated rings. The molecule has 0 heterocycles. The highest BCUT2D eigenvalue weighted by Crippen LogP contribution is 2.49. The summed E-state index contributed by atoms with van der Waals surface area (Å²) in [5.74, 6) is 0.767. The predicted molar refractivity (Wildman–Crippen MR) is 53.8 cm³/mol. The van der Waals surface area contributed by atoms with Crippen molar-refractivity contribution in [3.8, 4) is 5.75 Å². The SMILES string of the molecule is COc1ccc(Br)cc1C1(O)CC1. The Balaban J connectivity index is 2.47. The lowest BCUT2D eigenvalue weighted by molar-refractivity contribution is 0.147. The van der Waals surface area contributed by atoms with E-state index in [2.05, 4.69) is 15.9 Å². The van der Waals surface area contributed by atoms with Crippen LogP contribution >= 0.6 is 15.9 Å². The molecule has 1 N–H and O–H groups in total. The summed E-state index contributed by atoms with van der Waals surface area (Å²) in [5, 5.41) is 9.94. The van der Waals surface area contributed by atoms with Crippen LogP contribution in [0, 0.1) is 0 Å². The second-order valence-electron chi connectivity index (χ2n) is 3.38. The van der Waals surface area contributed by atoms with E-state index in [4.69, 9.17) is 4.74 Å². The van der Waals surface area contributed by atoms with Crippen LogP contribution in [0.5, 0.6) is 5.75 Å². The van der Waals surface area contributed by atoms with E-state index in [9.17, 15) is 5.11 Å². The zero-order chi connectivity index (χ0) is 9.47. The number of benzene rings is 1. The molecule has 1 aliphatic rings. The molecule has 0 bridgehead atoms. The molecule has 0 saturated heterocycles. The molecule has 0 aliphatic heterocycles. The minimum Gasteiger partial charge on any atom is -0.496 e. The van der Waals surface area contributed by atoms with Crippen molar-refractivity contribution in [1.29, 1.82) is 0 Å². The van der Waals surface area contributed by atoms with E-state index in [-0.39, 0.29) is 0 Å². The Morgan fingerprint density at radius 1 is 1.46 bits per heavy atom. The smallest absolute Gasteiger partial charge is 0.125 e. The number of ether oxygens (including phenoxy) is 1. The number of halogens is 1. The van der Waals surface area contributed by atoms with Crippen molar-refractivity contribution in [2.75, 3.05) is 7.11 Å². The van der Waals surface area contributed by atoms with Crippen LogP contribution < -0.4 is 4.74 Å². The third kappa shape index (κ3) is 1.58. The molecule has 2 nitrogen and oxygen atoms in total. The molecule has 13 heavy (non-hydrogen) atoms. The van der Waals surface area contributed by atoms with E-state index in [0.29, 0.717) is 0 Å². The Hall–Kier alpha value is -0.540. The fourth-order valence-electron chi connectivity index (χ4n) is 1.43. The average Bonchev–Trinajstić information content (AvgIpc) is 2.85. The molecule has 0 spiro atoms. The second-order valence-corrected chi connectivity index (χ2v) is 4.29. The van der Waals surface area contributed by atoms with E-state index < -0.39 is 5.60 Å². The quantitative estimate of drug-likeness (QED) is 0.864. The number of hydrogen-bond acceptors (Lipinski definition) is 2. The van der Waals surface area contributed by atoms with Gasteiger partial charge in [-0.2, -0.15) is 0 Å². The topological polar surface area (TPSA) is 29.5 Å². The van der Waals surface area contributed by atoms with Crippen LogP contribution in [0.1, 0.15) is 18.4 Å². The van der Waals surface area contributed by atoms with Gasteiger partial charge in [-0.3, -0.25) is 0 Å². The molecule has 0 aromatic heterocycles. The van der Waals surface area contributed by atoms with Crippen LogP contribution in [0.4, 0.5) is 0 Å². The van der Waals surface area contributed by atoms with Gasteiger partial charge in [0.2, 0.25) is 0 Å². The summed E-state index contributed by atoms with van der Waals surface area (Å²) in [4.78, 5) is 0. The zero-order valence-corrected chi connectivity index (χ0v) is 8.97. The van der Waals surface area contributed by atoms with Gasteiger partial charge in [0.1, 0.15) is 5.75 Å². The first-order valence-electron chi connectivity index (χ1n) is 4.22. The number of rotatable bonds is 2.